The molecule has 3 atom stereocenters. The fraction of sp³-hybridized carbons (Fsp3) is 0.375. The molecule has 1 aliphatic rings. The predicted molar refractivity (Wildman–Crippen MR) is 135 cm³/mol. The molecule has 2 aromatic carbocycles. The normalized spacial score (nSPS) is 18.5. The van der Waals surface area contributed by atoms with Crippen LogP contribution in [0.5, 0.6) is 5.75 Å². The number of carbonyl (C=O) groups is 3. The number of hydrogen-bond donors (Lipinski definition) is 3. The quantitative estimate of drug-likeness (QED) is 0.447. The van der Waals surface area contributed by atoms with Gasteiger partial charge in [-0.2, -0.15) is 0 Å². The van der Waals surface area contributed by atoms with E-state index in [1.807, 2.05) is 6.07 Å². The van der Waals surface area contributed by atoms with E-state index in [1.54, 1.807) is 56.3 Å². The molecule has 11 heteroatoms. The SMILES string of the molecule is CC1(C)SCN(C(=O)[C@@H](O)[C@H](Cc2ccccc2)NC(=O)COc2c(Cl)cccc2Cl)[C@@H]1C(=O)O. The first kappa shape index (κ1) is 27.1. The van der Waals surface area contributed by atoms with Crippen LogP contribution in [0.15, 0.2) is 48.5 Å². The molecule has 35 heavy (non-hydrogen) atoms. The second kappa shape index (κ2) is 11.5. The Labute approximate surface area is 217 Å². The smallest absolute Gasteiger partial charge is 0.327 e. The van der Waals surface area contributed by atoms with Gasteiger partial charge in [0.25, 0.3) is 11.8 Å². The molecular weight excluding hydrogens is 515 g/mol. The number of nitrogens with one attached hydrogen (secondary N) is 1. The number of halogens is 2. The maximum Gasteiger partial charge on any atom is 0.327 e. The van der Waals surface area contributed by atoms with E-state index in [-0.39, 0.29) is 28.1 Å². The van der Waals surface area contributed by atoms with Crippen molar-refractivity contribution in [3.8, 4) is 5.75 Å². The van der Waals surface area contributed by atoms with Crippen LogP contribution in [0.4, 0.5) is 0 Å². The number of thioether (sulfide) groups is 1. The van der Waals surface area contributed by atoms with Gasteiger partial charge in [0, 0.05) is 4.75 Å². The van der Waals surface area contributed by atoms with Crippen LogP contribution in [0, 0.1) is 0 Å². The average molecular weight is 541 g/mol. The zero-order valence-electron chi connectivity index (χ0n) is 19.1. The maximum atomic E-state index is 13.2. The van der Waals surface area contributed by atoms with Crippen molar-refractivity contribution in [1.82, 2.24) is 10.2 Å². The molecule has 3 rings (SSSR count). The second-order valence-corrected chi connectivity index (χ2v) is 11.0. The van der Waals surface area contributed by atoms with E-state index in [4.69, 9.17) is 27.9 Å². The van der Waals surface area contributed by atoms with E-state index in [1.165, 1.54) is 11.8 Å². The molecule has 1 aliphatic heterocycles. The van der Waals surface area contributed by atoms with Gasteiger partial charge in [-0.3, -0.25) is 9.59 Å². The van der Waals surface area contributed by atoms with E-state index in [2.05, 4.69) is 5.32 Å². The number of aliphatic carboxylic acids is 1. The Balaban J connectivity index is 1.76. The number of rotatable bonds is 9. The zero-order valence-corrected chi connectivity index (χ0v) is 21.4. The number of aliphatic hydroxyl groups is 1. The first-order valence-corrected chi connectivity index (χ1v) is 12.5. The summed E-state index contributed by atoms with van der Waals surface area (Å²) in [5.74, 6) is -2.29. The molecule has 3 N–H and O–H groups in total. The molecule has 8 nitrogen and oxygen atoms in total. The van der Waals surface area contributed by atoms with Crippen LogP contribution in [0.2, 0.25) is 10.0 Å². The standard InChI is InChI=1S/C24H26Cl2N2O6S/c1-24(2)21(23(32)33)28(13-35-24)22(31)19(30)17(11-14-7-4-3-5-8-14)27-18(29)12-34-20-15(25)9-6-10-16(20)26/h3-10,17,19,21,30H,11-13H2,1-2H3,(H,27,29)(H,32,33)/t17-,19-,21+/m0/s1. The highest BCUT2D eigenvalue weighted by Crippen LogP contribution is 2.39. The van der Waals surface area contributed by atoms with Crippen molar-refractivity contribution in [2.45, 2.75) is 43.2 Å². The summed E-state index contributed by atoms with van der Waals surface area (Å²) in [5.41, 5.74) is 0.769. The highest BCUT2D eigenvalue weighted by Gasteiger charge is 2.50. The summed E-state index contributed by atoms with van der Waals surface area (Å²) in [4.78, 5) is 38.9. The number of carbonyl (C=O) groups excluding carboxylic acids is 2. The Morgan fingerprint density at radius 2 is 1.77 bits per heavy atom. The molecule has 1 heterocycles. The van der Waals surface area contributed by atoms with Gasteiger partial charge in [-0.1, -0.05) is 59.6 Å². The third-order valence-electron chi connectivity index (χ3n) is 5.61. The third-order valence-corrected chi connectivity index (χ3v) is 7.58. The van der Waals surface area contributed by atoms with Crippen LogP contribution in [0.3, 0.4) is 0 Å². The maximum absolute atomic E-state index is 13.2. The fourth-order valence-electron chi connectivity index (χ4n) is 3.84. The van der Waals surface area contributed by atoms with Gasteiger partial charge in [0.15, 0.2) is 18.5 Å². The fourth-order valence-corrected chi connectivity index (χ4v) is 5.49. The molecule has 0 aliphatic carbocycles. The number of carboxylic acid groups (broad SMARTS) is 1. The Bertz CT molecular complexity index is 1060. The van der Waals surface area contributed by atoms with E-state index >= 15 is 0 Å². The molecule has 1 fully saturated rings. The molecule has 0 aromatic heterocycles. The molecule has 188 valence electrons. The van der Waals surface area contributed by atoms with Crippen LogP contribution in [0.1, 0.15) is 19.4 Å². The Morgan fingerprint density at radius 3 is 2.37 bits per heavy atom. The van der Waals surface area contributed by atoms with Crippen LogP contribution in [-0.2, 0) is 20.8 Å². The molecular formula is C24H26Cl2N2O6S. The number of carboxylic acids is 1. The summed E-state index contributed by atoms with van der Waals surface area (Å²) in [6.07, 6.45) is -1.55. The molecule has 0 unspecified atom stereocenters. The van der Waals surface area contributed by atoms with Crippen LogP contribution >= 0.6 is 35.0 Å². The minimum absolute atomic E-state index is 0.111. The first-order valence-electron chi connectivity index (χ1n) is 10.8. The Kier molecular flexibility index (Phi) is 8.93. The highest BCUT2D eigenvalue weighted by atomic mass is 35.5. The minimum Gasteiger partial charge on any atom is -0.481 e. The molecule has 1 saturated heterocycles. The van der Waals surface area contributed by atoms with Crippen LogP contribution < -0.4 is 10.1 Å². The number of nitrogens with zero attached hydrogens (tertiary/aromatic N) is 1. The topological polar surface area (TPSA) is 116 Å². The van der Waals surface area contributed by atoms with E-state index in [9.17, 15) is 24.6 Å². The summed E-state index contributed by atoms with van der Waals surface area (Å²) in [6, 6.07) is 11.6. The largest absolute Gasteiger partial charge is 0.481 e. The number of ether oxygens (including phenoxy) is 1. The Hall–Kier alpha value is -2.46. The van der Waals surface area contributed by atoms with Crippen molar-refractivity contribution in [2.75, 3.05) is 12.5 Å². The molecule has 0 spiro atoms. The van der Waals surface area contributed by atoms with Gasteiger partial charge in [0.2, 0.25) is 0 Å². The molecule has 0 radical (unpaired) electrons. The number of amides is 2. The van der Waals surface area contributed by atoms with Crippen molar-refractivity contribution in [2.24, 2.45) is 0 Å². The monoisotopic (exact) mass is 540 g/mol. The van der Waals surface area contributed by atoms with Gasteiger partial charge >= 0.3 is 5.97 Å². The molecule has 0 saturated carbocycles. The molecule has 0 bridgehead atoms. The lowest BCUT2D eigenvalue weighted by Gasteiger charge is -2.31. The van der Waals surface area contributed by atoms with Crippen molar-refractivity contribution in [3.05, 3.63) is 64.1 Å². The van der Waals surface area contributed by atoms with E-state index in [0.717, 1.165) is 10.5 Å². The zero-order chi connectivity index (χ0) is 25.8. The summed E-state index contributed by atoms with van der Waals surface area (Å²) in [6.45, 7) is 3.01. The predicted octanol–water partition coefficient (Wildman–Crippen LogP) is 3.23. The van der Waals surface area contributed by atoms with Gasteiger partial charge in [0.1, 0.15) is 6.04 Å². The summed E-state index contributed by atoms with van der Waals surface area (Å²) < 4.78 is 4.73. The van der Waals surface area contributed by atoms with Crippen molar-refractivity contribution >= 4 is 52.7 Å². The number of hydrogen-bond acceptors (Lipinski definition) is 6. The first-order chi connectivity index (χ1) is 16.5. The van der Waals surface area contributed by atoms with Crippen LogP contribution in [-0.4, -0.2) is 68.3 Å². The van der Waals surface area contributed by atoms with Crippen molar-refractivity contribution in [1.29, 1.82) is 0 Å². The van der Waals surface area contributed by atoms with Gasteiger partial charge in [-0.25, -0.2) is 4.79 Å². The average Bonchev–Trinajstić information content (AvgIpc) is 3.13. The van der Waals surface area contributed by atoms with Gasteiger partial charge < -0.3 is 25.2 Å². The van der Waals surface area contributed by atoms with Gasteiger partial charge in [-0.05, 0) is 38.0 Å². The van der Waals surface area contributed by atoms with Crippen LogP contribution in [0.25, 0.3) is 0 Å². The summed E-state index contributed by atoms with van der Waals surface area (Å²) in [5, 5.41) is 23.8. The Morgan fingerprint density at radius 1 is 1.14 bits per heavy atom. The van der Waals surface area contributed by atoms with Gasteiger partial charge in [-0.15, -0.1) is 11.8 Å². The third kappa shape index (κ3) is 6.61. The van der Waals surface area contributed by atoms with E-state index < -0.39 is 47.3 Å². The molecule has 2 aromatic rings. The highest BCUT2D eigenvalue weighted by molar-refractivity contribution is 8.00. The lowest BCUT2D eigenvalue weighted by Crippen LogP contribution is -2.57. The number of aliphatic hydroxyl groups excluding tert-OH is 1. The lowest BCUT2D eigenvalue weighted by atomic mass is 9.97. The second-order valence-electron chi connectivity index (χ2n) is 8.57. The minimum atomic E-state index is -1.68. The number of benzene rings is 2. The number of para-hydroxylation sites is 1. The summed E-state index contributed by atoms with van der Waals surface area (Å²) in [7, 11) is 0. The van der Waals surface area contributed by atoms with Crippen molar-refractivity contribution in [3.63, 3.8) is 0 Å². The lowest BCUT2D eigenvalue weighted by molar-refractivity contribution is -0.154. The molecule has 2 amide bonds. The van der Waals surface area contributed by atoms with Crippen molar-refractivity contribution < 1.29 is 29.3 Å². The van der Waals surface area contributed by atoms with E-state index in [0.29, 0.717) is 0 Å². The van der Waals surface area contributed by atoms with Gasteiger partial charge in [0.05, 0.1) is 22.0 Å². The summed E-state index contributed by atoms with van der Waals surface area (Å²) >= 11 is 13.5.